The van der Waals surface area contributed by atoms with Gasteiger partial charge in [-0.15, -0.1) is 0 Å². The third-order valence-corrected chi connectivity index (χ3v) is 5.74. The minimum Gasteiger partial charge on any atom is -0.490 e. The number of carbonyl (C=O) groups is 1. The lowest BCUT2D eigenvalue weighted by molar-refractivity contribution is 0.0939. The zero-order valence-electron chi connectivity index (χ0n) is 15.2. The summed E-state index contributed by atoms with van der Waals surface area (Å²) < 4.78 is 37.0. The first kappa shape index (κ1) is 19.2. The fourth-order valence-corrected chi connectivity index (χ4v) is 3.45. The third kappa shape index (κ3) is 4.40. The molecule has 0 aromatic heterocycles. The smallest absolute Gasteiger partial charge is 0.251 e. The van der Waals surface area contributed by atoms with Crippen LogP contribution < -0.4 is 19.5 Å². The van der Waals surface area contributed by atoms with Crippen LogP contribution in [0.15, 0.2) is 47.4 Å². The van der Waals surface area contributed by atoms with E-state index in [0.29, 0.717) is 30.3 Å². The summed E-state index contributed by atoms with van der Waals surface area (Å²) in [6.07, 6.45) is 0.829. The lowest BCUT2D eigenvalue weighted by Crippen LogP contribution is -2.26. The van der Waals surface area contributed by atoms with Crippen molar-refractivity contribution < 1.29 is 22.7 Å². The maximum atomic E-state index is 12.5. The van der Waals surface area contributed by atoms with Gasteiger partial charge in [0.2, 0.25) is 10.0 Å². The molecule has 0 fully saturated rings. The van der Waals surface area contributed by atoms with E-state index in [1.807, 2.05) is 25.1 Å². The van der Waals surface area contributed by atoms with Crippen molar-refractivity contribution in [3.63, 3.8) is 0 Å². The Hall–Kier alpha value is -2.58. The molecule has 1 unspecified atom stereocenters. The summed E-state index contributed by atoms with van der Waals surface area (Å²) in [4.78, 5) is 12.6. The van der Waals surface area contributed by atoms with Crippen LogP contribution in [0.2, 0.25) is 0 Å². The predicted molar refractivity (Wildman–Crippen MR) is 101 cm³/mol. The number of hydrogen-bond acceptors (Lipinski definition) is 5. The fraction of sp³-hybridized carbons (Fsp3) is 0.316. The van der Waals surface area contributed by atoms with Gasteiger partial charge in [-0.05, 0) is 55.9 Å². The number of sulfonamides is 1. The Balaban J connectivity index is 1.71. The highest BCUT2D eigenvalue weighted by atomic mass is 32.2. The molecule has 1 aliphatic heterocycles. The van der Waals surface area contributed by atoms with Crippen molar-refractivity contribution in [1.29, 1.82) is 0 Å². The molecule has 27 heavy (non-hydrogen) atoms. The first-order valence-corrected chi connectivity index (χ1v) is 10.1. The molecular weight excluding hydrogens is 368 g/mol. The van der Waals surface area contributed by atoms with Crippen LogP contribution in [-0.2, 0) is 10.0 Å². The molecule has 144 valence electrons. The van der Waals surface area contributed by atoms with E-state index < -0.39 is 10.0 Å². The van der Waals surface area contributed by atoms with Crippen LogP contribution in [0.25, 0.3) is 0 Å². The van der Waals surface area contributed by atoms with Gasteiger partial charge in [-0.2, -0.15) is 0 Å². The molecule has 1 amide bonds. The van der Waals surface area contributed by atoms with E-state index in [1.165, 1.54) is 31.3 Å². The van der Waals surface area contributed by atoms with Crippen LogP contribution in [0, 0.1) is 0 Å². The Kier molecular flexibility index (Phi) is 5.67. The van der Waals surface area contributed by atoms with Gasteiger partial charge >= 0.3 is 0 Å². The lowest BCUT2D eigenvalue weighted by Gasteiger charge is -2.16. The average molecular weight is 390 g/mol. The zero-order chi connectivity index (χ0) is 19.4. The summed E-state index contributed by atoms with van der Waals surface area (Å²) in [6, 6.07) is 11.1. The first-order chi connectivity index (χ1) is 12.9. The fourth-order valence-electron chi connectivity index (χ4n) is 2.72. The summed E-state index contributed by atoms with van der Waals surface area (Å²) in [5.41, 5.74) is 1.27. The second-order valence-electron chi connectivity index (χ2n) is 6.18. The second kappa shape index (κ2) is 7.98. The molecule has 0 saturated heterocycles. The van der Waals surface area contributed by atoms with Gasteiger partial charge in [0.25, 0.3) is 5.91 Å². The highest BCUT2D eigenvalue weighted by Gasteiger charge is 2.17. The lowest BCUT2D eigenvalue weighted by atomic mass is 10.1. The number of nitrogens with one attached hydrogen (secondary N) is 2. The summed E-state index contributed by atoms with van der Waals surface area (Å²) in [5, 5.41) is 2.91. The Morgan fingerprint density at radius 3 is 2.37 bits per heavy atom. The standard InChI is InChI=1S/C19H22N2O5S/c1-13(15-6-9-17-18(12-15)26-11-3-10-25-17)21-19(22)14-4-7-16(8-5-14)27(23,24)20-2/h4-9,12-13,20H,3,10-11H2,1-2H3,(H,21,22). The van der Waals surface area contributed by atoms with Gasteiger partial charge in [0, 0.05) is 12.0 Å². The van der Waals surface area contributed by atoms with E-state index in [4.69, 9.17) is 9.47 Å². The van der Waals surface area contributed by atoms with Crippen LogP contribution in [0.1, 0.15) is 35.3 Å². The van der Waals surface area contributed by atoms with E-state index in [-0.39, 0.29) is 16.8 Å². The normalized spacial score (nSPS) is 14.9. The molecule has 2 N–H and O–H groups in total. The summed E-state index contributed by atoms with van der Waals surface area (Å²) in [6.45, 7) is 3.09. The van der Waals surface area contributed by atoms with Gasteiger partial charge in [-0.3, -0.25) is 4.79 Å². The molecule has 1 atom stereocenters. The summed E-state index contributed by atoms with van der Waals surface area (Å²) in [5.74, 6) is 1.09. The Morgan fingerprint density at radius 1 is 1.04 bits per heavy atom. The quantitative estimate of drug-likeness (QED) is 0.817. The van der Waals surface area contributed by atoms with Gasteiger partial charge in [0.1, 0.15) is 0 Å². The van der Waals surface area contributed by atoms with Crippen LogP contribution in [-0.4, -0.2) is 34.6 Å². The maximum absolute atomic E-state index is 12.5. The minimum absolute atomic E-state index is 0.109. The Labute approximate surface area is 158 Å². The summed E-state index contributed by atoms with van der Waals surface area (Å²) >= 11 is 0. The average Bonchev–Trinajstić information content (AvgIpc) is 2.92. The highest BCUT2D eigenvalue weighted by Crippen LogP contribution is 2.32. The van der Waals surface area contributed by atoms with Crippen LogP contribution in [0.4, 0.5) is 0 Å². The number of amides is 1. The number of hydrogen-bond donors (Lipinski definition) is 2. The van der Waals surface area contributed by atoms with Gasteiger partial charge in [0.15, 0.2) is 11.5 Å². The van der Waals surface area contributed by atoms with E-state index in [2.05, 4.69) is 10.0 Å². The highest BCUT2D eigenvalue weighted by molar-refractivity contribution is 7.89. The van der Waals surface area contributed by atoms with Gasteiger partial charge < -0.3 is 14.8 Å². The predicted octanol–water partition coefficient (Wildman–Crippen LogP) is 2.25. The number of ether oxygens (including phenoxy) is 2. The molecule has 1 aliphatic rings. The molecular formula is C19H22N2O5S. The van der Waals surface area contributed by atoms with Crippen molar-refractivity contribution in [3.05, 3.63) is 53.6 Å². The van der Waals surface area contributed by atoms with Crippen LogP contribution in [0.5, 0.6) is 11.5 Å². The molecule has 0 radical (unpaired) electrons. The molecule has 1 heterocycles. The maximum Gasteiger partial charge on any atom is 0.251 e. The van der Waals surface area contributed by atoms with E-state index in [9.17, 15) is 13.2 Å². The monoisotopic (exact) mass is 390 g/mol. The molecule has 0 aliphatic carbocycles. The molecule has 0 spiro atoms. The van der Waals surface area contributed by atoms with E-state index in [0.717, 1.165) is 12.0 Å². The van der Waals surface area contributed by atoms with Crippen LogP contribution >= 0.6 is 0 Å². The van der Waals surface area contributed by atoms with E-state index in [1.54, 1.807) is 0 Å². The second-order valence-corrected chi connectivity index (χ2v) is 8.07. The molecule has 0 saturated carbocycles. The number of rotatable bonds is 5. The van der Waals surface area contributed by atoms with Crippen molar-refractivity contribution in [2.24, 2.45) is 0 Å². The van der Waals surface area contributed by atoms with Gasteiger partial charge in [-0.1, -0.05) is 6.07 Å². The van der Waals surface area contributed by atoms with Crippen molar-refractivity contribution in [2.45, 2.75) is 24.3 Å². The topological polar surface area (TPSA) is 93.7 Å². The number of benzene rings is 2. The molecule has 0 bridgehead atoms. The summed E-state index contributed by atoms with van der Waals surface area (Å²) in [7, 11) is -2.19. The van der Waals surface area contributed by atoms with Gasteiger partial charge in [0.05, 0.1) is 24.2 Å². The Bertz CT molecular complexity index is 926. The van der Waals surface area contributed by atoms with Crippen molar-refractivity contribution >= 4 is 15.9 Å². The minimum atomic E-state index is -3.53. The zero-order valence-corrected chi connectivity index (χ0v) is 16.0. The number of fused-ring (bicyclic) bond motifs is 1. The molecule has 3 rings (SSSR count). The van der Waals surface area contributed by atoms with Crippen molar-refractivity contribution in [1.82, 2.24) is 10.0 Å². The SMILES string of the molecule is CNS(=O)(=O)c1ccc(C(=O)NC(C)c2ccc3c(c2)OCCCO3)cc1. The largest absolute Gasteiger partial charge is 0.490 e. The number of carbonyl (C=O) groups excluding carboxylic acids is 1. The molecule has 2 aromatic carbocycles. The van der Waals surface area contributed by atoms with Crippen molar-refractivity contribution in [2.75, 3.05) is 20.3 Å². The molecule has 2 aromatic rings. The first-order valence-electron chi connectivity index (χ1n) is 8.65. The van der Waals surface area contributed by atoms with E-state index >= 15 is 0 Å². The molecule has 7 nitrogen and oxygen atoms in total. The third-order valence-electron chi connectivity index (χ3n) is 4.31. The Morgan fingerprint density at radius 2 is 1.70 bits per heavy atom. The molecule has 8 heteroatoms. The van der Waals surface area contributed by atoms with Crippen molar-refractivity contribution in [3.8, 4) is 11.5 Å². The van der Waals surface area contributed by atoms with Crippen LogP contribution in [0.3, 0.4) is 0 Å². The van der Waals surface area contributed by atoms with Gasteiger partial charge in [-0.25, -0.2) is 13.1 Å².